The van der Waals surface area contributed by atoms with Crippen molar-refractivity contribution >= 4 is 0 Å². The van der Waals surface area contributed by atoms with Crippen LogP contribution in [0, 0.1) is 34.6 Å². The van der Waals surface area contributed by atoms with E-state index in [0.29, 0.717) is 0 Å². The van der Waals surface area contributed by atoms with E-state index in [4.69, 9.17) is 5.73 Å². The van der Waals surface area contributed by atoms with Gasteiger partial charge in [-0.1, -0.05) is 0 Å². The molecule has 1 aromatic carbocycles. The molecule has 0 aliphatic rings. The summed E-state index contributed by atoms with van der Waals surface area (Å²) in [5.74, 6) is 0. The molecule has 2 rings (SSSR count). The molecule has 1 aromatic heterocycles. The van der Waals surface area contributed by atoms with Gasteiger partial charge in [-0.05, 0) is 68.0 Å². The molecule has 0 radical (unpaired) electrons. The lowest BCUT2D eigenvalue weighted by Gasteiger charge is -2.22. The first-order valence-electron chi connectivity index (χ1n) is 6.26. The molecule has 0 bridgehead atoms. The molecule has 3 N–H and O–H groups in total. The molecule has 96 valence electrons. The second-order valence-electron chi connectivity index (χ2n) is 5.05. The number of aromatic nitrogens is 2. The van der Waals surface area contributed by atoms with Crippen LogP contribution in [-0.4, -0.2) is 10.2 Å². The molecule has 0 amide bonds. The van der Waals surface area contributed by atoms with Gasteiger partial charge in [0.15, 0.2) is 0 Å². The van der Waals surface area contributed by atoms with Gasteiger partial charge in [-0.2, -0.15) is 5.10 Å². The standard InChI is InChI=1S/C15H21N3/c1-8-9(2)11(4)14(12(5)10(8)3)15(16)13-6-17-18-7-13/h6-7,15H,16H2,1-5H3,(H,17,18). The van der Waals surface area contributed by atoms with Gasteiger partial charge in [-0.3, -0.25) is 5.10 Å². The highest BCUT2D eigenvalue weighted by atomic mass is 15.1. The van der Waals surface area contributed by atoms with Crippen molar-refractivity contribution in [1.82, 2.24) is 10.2 Å². The van der Waals surface area contributed by atoms with Crippen LogP contribution >= 0.6 is 0 Å². The van der Waals surface area contributed by atoms with Crippen LogP contribution in [0.1, 0.15) is 45.0 Å². The van der Waals surface area contributed by atoms with Gasteiger partial charge in [-0.25, -0.2) is 0 Å². The minimum atomic E-state index is -0.109. The van der Waals surface area contributed by atoms with Gasteiger partial charge in [0, 0.05) is 11.8 Å². The fourth-order valence-corrected chi connectivity index (χ4v) is 2.59. The summed E-state index contributed by atoms with van der Waals surface area (Å²) in [6.45, 7) is 10.8. The van der Waals surface area contributed by atoms with E-state index < -0.39 is 0 Å². The molecule has 2 aromatic rings. The fraction of sp³-hybridized carbons (Fsp3) is 0.400. The molecule has 0 aliphatic carbocycles. The third-order valence-electron chi connectivity index (χ3n) is 4.25. The third-order valence-corrected chi connectivity index (χ3v) is 4.25. The Morgan fingerprint density at radius 2 is 1.44 bits per heavy atom. The number of benzene rings is 1. The van der Waals surface area contributed by atoms with Crippen LogP contribution in [0.5, 0.6) is 0 Å². The fourth-order valence-electron chi connectivity index (χ4n) is 2.59. The Labute approximate surface area is 108 Å². The van der Waals surface area contributed by atoms with Gasteiger partial charge in [0.2, 0.25) is 0 Å². The number of hydrogen-bond donors (Lipinski definition) is 2. The SMILES string of the molecule is Cc1c(C)c(C)c(C(N)c2cn[nH]c2)c(C)c1C. The molecule has 3 heteroatoms. The second-order valence-corrected chi connectivity index (χ2v) is 5.05. The third kappa shape index (κ3) is 1.85. The molecular formula is C15H21N3. The monoisotopic (exact) mass is 243 g/mol. The van der Waals surface area contributed by atoms with E-state index in [0.717, 1.165) is 5.56 Å². The van der Waals surface area contributed by atoms with Gasteiger partial charge in [0.1, 0.15) is 0 Å². The highest BCUT2D eigenvalue weighted by Gasteiger charge is 2.19. The Bertz CT molecular complexity index is 539. The number of rotatable bonds is 2. The molecule has 0 saturated carbocycles. The number of H-pyrrole nitrogens is 1. The summed E-state index contributed by atoms with van der Waals surface area (Å²) in [5, 5.41) is 6.82. The van der Waals surface area contributed by atoms with E-state index in [1.807, 2.05) is 6.20 Å². The highest BCUT2D eigenvalue weighted by molar-refractivity contribution is 5.52. The lowest BCUT2D eigenvalue weighted by atomic mass is 9.85. The van der Waals surface area contributed by atoms with E-state index in [9.17, 15) is 0 Å². The van der Waals surface area contributed by atoms with Gasteiger partial charge in [-0.15, -0.1) is 0 Å². The minimum Gasteiger partial charge on any atom is -0.320 e. The number of aromatic amines is 1. The average Bonchev–Trinajstić information content (AvgIpc) is 2.88. The molecule has 0 fully saturated rings. The quantitative estimate of drug-likeness (QED) is 0.852. The first kappa shape index (κ1) is 12.8. The van der Waals surface area contributed by atoms with Crippen LogP contribution in [0.15, 0.2) is 12.4 Å². The van der Waals surface area contributed by atoms with Gasteiger partial charge in [0.25, 0.3) is 0 Å². The summed E-state index contributed by atoms with van der Waals surface area (Å²) in [6, 6.07) is -0.109. The maximum atomic E-state index is 6.39. The number of nitrogens with two attached hydrogens (primary N) is 1. The average molecular weight is 243 g/mol. The zero-order chi connectivity index (χ0) is 13.4. The van der Waals surface area contributed by atoms with Crippen molar-refractivity contribution in [3.63, 3.8) is 0 Å². The highest BCUT2D eigenvalue weighted by Crippen LogP contribution is 2.31. The maximum absolute atomic E-state index is 6.39. The molecule has 0 saturated heterocycles. The summed E-state index contributed by atoms with van der Waals surface area (Å²) in [4.78, 5) is 0. The molecule has 1 heterocycles. The van der Waals surface area contributed by atoms with E-state index in [2.05, 4.69) is 44.8 Å². The van der Waals surface area contributed by atoms with Crippen LogP contribution in [0.4, 0.5) is 0 Å². The lowest BCUT2D eigenvalue weighted by molar-refractivity contribution is 0.844. The Balaban J connectivity index is 2.65. The zero-order valence-electron chi connectivity index (χ0n) is 11.8. The van der Waals surface area contributed by atoms with E-state index >= 15 is 0 Å². The van der Waals surface area contributed by atoms with E-state index in [-0.39, 0.29) is 6.04 Å². The second kappa shape index (κ2) is 4.58. The Morgan fingerprint density at radius 1 is 0.944 bits per heavy atom. The van der Waals surface area contributed by atoms with Crippen LogP contribution in [0.25, 0.3) is 0 Å². The normalized spacial score (nSPS) is 12.8. The van der Waals surface area contributed by atoms with E-state index in [1.54, 1.807) is 6.20 Å². The van der Waals surface area contributed by atoms with Crippen LogP contribution in [-0.2, 0) is 0 Å². The summed E-state index contributed by atoms with van der Waals surface area (Å²) < 4.78 is 0. The molecule has 0 aliphatic heterocycles. The Hall–Kier alpha value is -1.61. The minimum absolute atomic E-state index is 0.109. The van der Waals surface area contributed by atoms with Crippen LogP contribution < -0.4 is 5.73 Å². The topological polar surface area (TPSA) is 54.7 Å². The Morgan fingerprint density at radius 3 is 1.89 bits per heavy atom. The smallest absolute Gasteiger partial charge is 0.0588 e. The first-order valence-corrected chi connectivity index (χ1v) is 6.26. The summed E-state index contributed by atoms with van der Waals surface area (Å²) in [6.07, 6.45) is 3.67. The van der Waals surface area contributed by atoms with Crippen molar-refractivity contribution in [2.75, 3.05) is 0 Å². The number of nitrogens with one attached hydrogen (secondary N) is 1. The molecule has 18 heavy (non-hydrogen) atoms. The summed E-state index contributed by atoms with van der Waals surface area (Å²) in [5.41, 5.74) is 15.3. The summed E-state index contributed by atoms with van der Waals surface area (Å²) in [7, 11) is 0. The molecule has 1 atom stereocenters. The molecule has 3 nitrogen and oxygen atoms in total. The molecule has 0 spiro atoms. The van der Waals surface area contributed by atoms with Gasteiger partial charge in [0.05, 0.1) is 12.2 Å². The van der Waals surface area contributed by atoms with Gasteiger partial charge < -0.3 is 5.73 Å². The largest absolute Gasteiger partial charge is 0.320 e. The maximum Gasteiger partial charge on any atom is 0.0588 e. The summed E-state index contributed by atoms with van der Waals surface area (Å²) >= 11 is 0. The van der Waals surface area contributed by atoms with Crippen molar-refractivity contribution in [2.24, 2.45) is 5.73 Å². The van der Waals surface area contributed by atoms with Crippen molar-refractivity contribution in [3.05, 3.63) is 51.3 Å². The zero-order valence-corrected chi connectivity index (χ0v) is 11.8. The number of hydrogen-bond acceptors (Lipinski definition) is 2. The van der Waals surface area contributed by atoms with Crippen molar-refractivity contribution in [1.29, 1.82) is 0 Å². The predicted octanol–water partition coefficient (Wildman–Crippen LogP) is 3.00. The predicted molar refractivity (Wildman–Crippen MR) is 74.7 cm³/mol. The van der Waals surface area contributed by atoms with E-state index in [1.165, 1.54) is 33.4 Å². The van der Waals surface area contributed by atoms with Crippen molar-refractivity contribution < 1.29 is 0 Å². The van der Waals surface area contributed by atoms with Gasteiger partial charge >= 0.3 is 0 Å². The molecular weight excluding hydrogens is 222 g/mol. The molecule has 1 unspecified atom stereocenters. The van der Waals surface area contributed by atoms with Crippen molar-refractivity contribution in [3.8, 4) is 0 Å². The lowest BCUT2D eigenvalue weighted by Crippen LogP contribution is -2.16. The Kier molecular flexibility index (Phi) is 3.26. The van der Waals surface area contributed by atoms with Crippen molar-refractivity contribution in [2.45, 2.75) is 40.7 Å². The first-order chi connectivity index (χ1) is 8.45. The van der Waals surface area contributed by atoms with Crippen LogP contribution in [0.2, 0.25) is 0 Å². The number of nitrogens with zero attached hydrogens (tertiary/aromatic N) is 1. The van der Waals surface area contributed by atoms with Crippen LogP contribution in [0.3, 0.4) is 0 Å².